The highest BCUT2D eigenvalue weighted by Gasteiger charge is 2.20. The molecule has 2 nitrogen and oxygen atoms in total. The van der Waals surface area contributed by atoms with E-state index in [4.69, 9.17) is 4.74 Å². The van der Waals surface area contributed by atoms with Gasteiger partial charge in [0.1, 0.15) is 11.6 Å². The third-order valence-corrected chi connectivity index (χ3v) is 3.17. The van der Waals surface area contributed by atoms with Crippen LogP contribution in [0.25, 0.3) is 0 Å². The first-order valence-electron chi connectivity index (χ1n) is 6.66. The molecule has 3 rings (SSSR count). The number of benzene rings is 2. The number of nitrogens with one attached hydrogen (secondary N) is 1. The fourth-order valence-corrected chi connectivity index (χ4v) is 1.99. The second-order valence-corrected chi connectivity index (χ2v) is 4.98. The van der Waals surface area contributed by atoms with Gasteiger partial charge in [0.2, 0.25) is 0 Å². The molecule has 0 unspecified atom stereocenters. The lowest BCUT2D eigenvalue weighted by molar-refractivity contribution is 0.438. The number of para-hydroxylation sites is 1. The maximum atomic E-state index is 13.6. The molecule has 0 spiro atoms. The molecule has 0 amide bonds. The molecule has 1 aliphatic carbocycles. The maximum Gasteiger partial charge on any atom is 0.165 e. The predicted octanol–water partition coefficient (Wildman–Crippen LogP) is 4.01. The molecule has 0 atom stereocenters. The van der Waals surface area contributed by atoms with Crippen LogP contribution in [-0.4, -0.2) is 6.04 Å². The van der Waals surface area contributed by atoms with E-state index in [0.717, 1.165) is 5.56 Å². The minimum atomic E-state index is -0.464. The summed E-state index contributed by atoms with van der Waals surface area (Å²) in [6.07, 6.45) is 2.35. The topological polar surface area (TPSA) is 21.3 Å². The van der Waals surface area contributed by atoms with Gasteiger partial charge in [0, 0.05) is 18.7 Å². The van der Waals surface area contributed by atoms with Crippen LogP contribution in [0, 0.1) is 11.6 Å². The highest BCUT2D eigenvalue weighted by atomic mass is 19.1. The monoisotopic (exact) mass is 275 g/mol. The van der Waals surface area contributed by atoms with Crippen molar-refractivity contribution in [1.82, 2.24) is 5.32 Å². The lowest BCUT2D eigenvalue weighted by Gasteiger charge is -2.09. The third-order valence-electron chi connectivity index (χ3n) is 3.17. The number of rotatable bonds is 5. The van der Waals surface area contributed by atoms with Crippen molar-refractivity contribution < 1.29 is 13.5 Å². The molecule has 0 radical (unpaired) electrons. The average Bonchev–Trinajstić information content (AvgIpc) is 3.23. The van der Waals surface area contributed by atoms with Crippen molar-refractivity contribution in [3.05, 3.63) is 59.7 Å². The van der Waals surface area contributed by atoms with E-state index in [1.165, 1.54) is 37.1 Å². The Labute approximate surface area is 116 Å². The molecule has 0 bridgehead atoms. The second kappa shape index (κ2) is 5.59. The fraction of sp³-hybridized carbons (Fsp3) is 0.250. The van der Waals surface area contributed by atoms with E-state index in [1.54, 1.807) is 18.2 Å². The summed E-state index contributed by atoms with van der Waals surface area (Å²) in [6, 6.07) is 11.1. The summed E-state index contributed by atoms with van der Waals surface area (Å²) in [5.74, 6) is -0.442. The normalized spacial score (nSPS) is 14.3. The van der Waals surface area contributed by atoms with Gasteiger partial charge in [0.05, 0.1) is 0 Å². The van der Waals surface area contributed by atoms with Crippen LogP contribution in [0.2, 0.25) is 0 Å². The SMILES string of the molecule is Fc1cc(CNC2CC2)cc(Oc2ccccc2F)c1. The van der Waals surface area contributed by atoms with Crippen molar-refractivity contribution >= 4 is 0 Å². The van der Waals surface area contributed by atoms with E-state index in [2.05, 4.69) is 5.32 Å². The minimum absolute atomic E-state index is 0.0965. The Bertz CT molecular complexity index is 611. The van der Waals surface area contributed by atoms with Gasteiger partial charge in [-0.05, 0) is 42.7 Å². The lowest BCUT2D eigenvalue weighted by Crippen LogP contribution is -2.15. The van der Waals surface area contributed by atoms with E-state index in [-0.39, 0.29) is 11.6 Å². The highest BCUT2D eigenvalue weighted by molar-refractivity contribution is 5.35. The Morgan fingerprint density at radius 3 is 2.65 bits per heavy atom. The van der Waals surface area contributed by atoms with Gasteiger partial charge >= 0.3 is 0 Å². The molecule has 4 heteroatoms. The summed E-state index contributed by atoms with van der Waals surface area (Å²) in [7, 11) is 0. The number of hydrogen-bond donors (Lipinski definition) is 1. The van der Waals surface area contributed by atoms with Gasteiger partial charge in [0.15, 0.2) is 11.6 Å². The number of ether oxygens (including phenoxy) is 1. The smallest absolute Gasteiger partial charge is 0.165 e. The van der Waals surface area contributed by atoms with Crippen molar-refractivity contribution in [2.75, 3.05) is 0 Å². The summed E-state index contributed by atoms with van der Waals surface area (Å²) in [5, 5.41) is 3.31. The predicted molar refractivity (Wildman–Crippen MR) is 72.7 cm³/mol. The van der Waals surface area contributed by atoms with Gasteiger partial charge in [-0.2, -0.15) is 0 Å². The molecule has 2 aromatic carbocycles. The largest absolute Gasteiger partial charge is 0.454 e. The third kappa shape index (κ3) is 3.33. The Morgan fingerprint density at radius 1 is 1.10 bits per heavy atom. The molecule has 0 aliphatic heterocycles. The van der Waals surface area contributed by atoms with Crippen molar-refractivity contribution in [2.45, 2.75) is 25.4 Å². The van der Waals surface area contributed by atoms with Crippen LogP contribution in [0.3, 0.4) is 0 Å². The molecule has 104 valence electrons. The van der Waals surface area contributed by atoms with Crippen LogP contribution < -0.4 is 10.1 Å². The first kappa shape index (κ1) is 13.1. The minimum Gasteiger partial charge on any atom is -0.454 e. The van der Waals surface area contributed by atoms with Gasteiger partial charge in [0.25, 0.3) is 0 Å². The molecule has 1 saturated carbocycles. The summed E-state index contributed by atoms with van der Waals surface area (Å²) in [5.41, 5.74) is 0.795. The lowest BCUT2D eigenvalue weighted by atomic mass is 10.2. The Kier molecular flexibility index (Phi) is 3.65. The standard InChI is InChI=1S/C16H15F2NO/c17-12-7-11(10-19-13-5-6-13)8-14(9-12)20-16-4-2-1-3-15(16)18/h1-4,7-9,13,19H,5-6,10H2. The van der Waals surface area contributed by atoms with Crippen LogP contribution in [0.1, 0.15) is 18.4 Å². The number of hydrogen-bond acceptors (Lipinski definition) is 2. The number of halogens is 2. The first-order valence-corrected chi connectivity index (χ1v) is 6.66. The Morgan fingerprint density at radius 2 is 1.90 bits per heavy atom. The molecular formula is C16H15F2NO. The van der Waals surface area contributed by atoms with Crippen LogP contribution in [0.4, 0.5) is 8.78 Å². The van der Waals surface area contributed by atoms with Gasteiger partial charge in [-0.3, -0.25) is 0 Å². The molecule has 0 heterocycles. The summed E-state index contributed by atoms with van der Waals surface area (Å²) in [4.78, 5) is 0. The van der Waals surface area contributed by atoms with Crippen molar-refractivity contribution in [1.29, 1.82) is 0 Å². The van der Waals surface area contributed by atoms with Gasteiger partial charge in [-0.15, -0.1) is 0 Å². The molecular weight excluding hydrogens is 260 g/mol. The van der Waals surface area contributed by atoms with E-state index < -0.39 is 5.82 Å². The zero-order chi connectivity index (χ0) is 13.9. The quantitative estimate of drug-likeness (QED) is 0.890. The average molecular weight is 275 g/mol. The molecule has 1 N–H and O–H groups in total. The van der Waals surface area contributed by atoms with Gasteiger partial charge < -0.3 is 10.1 Å². The zero-order valence-electron chi connectivity index (χ0n) is 10.9. The molecule has 0 saturated heterocycles. The van der Waals surface area contributed by atoms with Crippen LogP contribution in [-0.2, 0) is 6.54 Å². The molecule has 0 aromatic heterocycles. The summed E-state index contributed by atoms with van der Waals surface area (Å²) >= 11 is 0. The molecule has 20 heavy (non-hydrogen) atoms. The van der Waals surface area contributed by atoms with Crippen molar-refractivity contribution in [3.63, 3.8) is 0 Å². The van der Waals surface area contributed by atoms with Crippen LogP contribution >= 0.6 is 0 Å². The highest BCUT2D eigenvalue weighted by Crippen LogP contribution is 2.26. The zero-order valence-corrected chi connectivity index (χ0v) is 10.9. The Hall–Kier alpha value is -1.94. The van der Waals surface area contributed by atoms with Gasteiger partial charge in [-0.25, -0.2) is 8.78 Å². The van der Waals surface area contributed by atoms with Gasteiger partial charge in [-0.1, -0.05) is 12.1 Å². The molecule has 2 aromatic rings. The van der Waals surface area contributed by atoms with Crippen LogP contribution in [0.15, 0.2) is 42.5 Å². The van der Waals surface area contributed by atoms with E-state index in [0.29, 0.717) is 18.3 Å². The van der Waals surface area contributed by atoms with E-state index >= 15 is 0 Å². The van der Waals surface area contributed by atoms with Crippen molar-refractivity contribution in [3.8, 4) is 11.5 Å². The second-order valence-electron chi connectivity index (χ2n) is 4.98. The van der Waals surface area contributed by atoms with Crippen LogP contribution in [0.5, 0.6) is 11.5 Å². The Balaban J connectivity index is 1.76. The maximum absolute atomic E-state index is 13.6. The summed E-state index contributed by atoms with van der Waals surface area (Å²) in [6.45, 7) is 0.593. The van der Waals surface area contributed by atoms with Crippen molar-refractivity contribution in [2.24, 2.45) is 0 Å². The molecule has 1 aliphatic rings. The van der Waals surface area contributed by atoms with E-state index in [1.807, 2.05) is 0 Å². The summed E-state index contributed by atoms with van der Waals surface area (Å²) < 4.78 is 32.5. The molecule has 1 fully saturated rings. The fourth-order valence-electron chi connectivity index (χ4n) is 1.99. The van der Waals surface area contributed by atoms with E-state index in [9.17, 15) is 8.78 Å². The first-order chi connectivity index (χ1) is 9.70.